The van der Waals surface area contributed by atoms with Crippen LogP contribution in [0.1, 0.15) is 18.5 Å². The molecule has 0 aliphatic carbocycles. The number of nitrogens with one attached hydrogen (secondary N) is 1. The molecule has 1 aliphatic rings. The Morgan fingerprint density at radius 3 is 2.76 bits per heavy atom. The average molecular weight is 330 g/mol. The molecule has 0 spiro atoms. The van der Waals surface area contributed by atoms with Crippen LogP contribution in [0.4, 0.5) is 5.69 Å². The molecule has 1 aromatic rings. The van der Waals surface area contributed by atoms with Crippen LogP contribution >= 0.6 is 11.8 Å². The molecule has 0 saturated carbocycles. The molecule has 0 amide bonds. The predicted octanol–water partition coefficient (Wildman–Crippen LogP) is 1.60. The van der Waals surface area contributed by atoms with Crippen molar-refractivity contribution in [1.82, 2.24) is 5.32 Å². The van der Waals surface area contributed by atoms with Crippen LogP contribution in [0.25, 0.3) is 0 Å². The number of anilines is 1. The van der Waals surface area contributed by atoms with E-state index < -0.39 is 15.2 Å². The number of phenols is 1. The maximum Gasteiger partial charge on any atom is 0.169 e. The summed E-state index contributed by atoms with van der Waals surface area (Å²) in [5, 5.41) is 12.7. The quantitative estimate of drug-likeness (QED) is 0.874. The first kappa shape index (κ1) is 16.5. The fourth-order valence-electron chi connectivity index (χ4n) is 2.46. The largest absolute Gasteiger partial charge is 0.508 e. The summed E-state index contributed by atoms with van der Waals surface area (Å²) in [6.45, 7) is 2.63. The molecule has 1 heterocycles. The van der Waals surface area contributed by atoms with Crippen molar-refractivity contribution < 1.29 is 13.5 Å². The van der Waals surface area contributed by atoms with Crippen molar-refractivity contribution in [2.24, 2.45) is 0 Å². The number of rotatable bonds is 4. The van der Waals surface area contributed by atoms with E-state index in [4.69, 9.17) is 0 Å². The van der Waals surface area contributed by atoms with Crippen LogP contribution in [-0.4, -0.2) is 50.3 Å². The van der Waals surface area contributed by atoms with Crippen molar-refractivity contribution >= 4 is 27.3 Å². The molecule has 1 aliphatic heterocycles. The summed E-state index contributed by atoms with van der Waals surface area (Å²) < 4.78 is 23.9. The molecule has 118 valence electrons. The lowest BCUT2D eigenvalue weighted by Crippen LogP contribution is -2.47. The van der Waals surface area contributed by atoms with Crippen LogP contribution < -0.4 is 10.2 Å². The van der Waals surface area contributed by atoms with Crippen molar-refractivity contribution in [2.45, 2.75) is 18.3 Å². The molecular weight excluding hydrogens is 308 g/mol. The van der Waals surface area contributed by atoms with E-state index in [9.17, 15) is 13.5 Å². The summed E-state index contributed by atoms with van der Waals surface area (Å²) in [7, 11) is -1.32. The van der Waals surface area contributed by atoms with Gasteiger partial charge in [-0.2, -0.15) is 11.8 Å². The lowest BCUT2D eigenvalue weighted by molar-refractivity contribution is 0.457. The molecule has 2 N–H and O–H groups in total. The van der Waals surface area contributed by atoms with E-state index >= 15 is 0 Å². The first-order valence-corrected chi connectivity index (χ1v) is 9.99. The van der Waals surface area contributed by atoms with Gasteiger partial charge in [-0.3, -0.25) is 0 Å². The summed E-state index contributed by atoms with van der Waals surface area (Å²) in [5.41, 5.74) is 1.57. The molecule has 1 saturated heterocycles. The third-order valence-electron chi connectivity index (χ3n) is 3.82. The molecule has 0 bridgehead atoms. The lowest BCUT2D eigenvalue weighted by atomic mass is 10.1. The summed E-state index contributed by atoms with van der Waals surface area (Å²) in [6, 6.07) is 5.45. The first-order valence-electron chi connectivity index (χ1n) is 6.88. The van der Waals surface area contributed by atoms with Crippen molar-refractivity contribution in [2.75, 3.05) is 36.3 Å². The predicted molar refractivity (Wildman–Crippen MR) is 88.9 cm³/mol. The van der Waals surface area contributed by atoms with Gasteiger partial charge in [0.1, 0.15) is 11.1 Å². The minimum absolute atomic E-state index is 0.0432. The molecule has 2 unspecified atom stereocenters. The number of phenolic OH excluding ortho intramolecular Hbond substituents is 1. The minimum atomic E-state index is -3.16. The van der Waals surface area contributed by atoms with E-state index in [-0.39, 0.29) is 11.8 Å². The van der Waals surface area contributed by atoms with Crippen molar-refractivity contribution in [3.05, 3.63) is 23.8 Å². The van der Waals surface area contributed by atoms with Gasteiger partial charge in [0.25, 0.3) is 0 Å². The number of hydrogen-bond donors (Lipinski definition) is 2. The minimum Gasteiger partial charge on any atom is -0.508 e. The van der Waals surface area contributed by atoms with Gasteiger partial charge in [-0.15, -0.1) is 0 Å². The maximum atomic E-state index is 11.9. The van der Waals surface area contributed by atoms with Crippen LogP contribution in [0.15, 0.2) is 18.2 Å². The van der Waals surface area contributed by atoms with Crippen LogP contribution in [0.3, 0.4) is 0 Å². The van der Waals surface area contributed by atoms with E-state index in [1.807, 2.05) is 31.0 Å². The van der Waals surface area contributed by atoms with E-state index in [0.29, 0.717) is 12.3 Å². The second-order valence-electron chi connectivity index (χ2n) is 5.31. The lowest BCUT2D eigenvalue weighted by Gasteiger charge is -2.36. The average Bonchev–Trinajstić information content (AvgIpc) is 2.45. The van der Waals surface area contributed by atoms with Crippen molar-refractivity contribution in [1.29, 1.82) is 0 Å². The summed E-state index contributed by atoms with van der Waals surface area (Å²) in [4.78, 5) is 1.87. The van der Waals surface area contributed by atoms with Gasteiger partial charge in [0, 0.05) is 47.7 Å². The van der Waals surface area contributed by atoms with Gasteiger partial charge < -0.3 is 15.3 Å². The molecule has 1 fully saturated rings. The molecule has 5 nitrogen and oxygen atoms in total. The summed E-state index contributed by atoms with van der Waals surface area (Å²) >= 11 is 1.65. The standard InChI is InChI=1S/C14H22N2O3S2/c1-10(15-2)12-5-4-11(8-13(12)17)16-6-7-20-9-14(16)21(3,18)19/h4-5,8,10,14-15,17H,6-7,9H2,1-3H3. The Morgan fingerprint density at radius 1 is 1.48 bits per heavy atom. The van der Waals surface area contributed by atoms with Gasteiger partial charge in [0.15, 0.2) is 9.84 Å². The Kier molecular flexibility index (Phi) is 5.06. The van der Waals surface area contributed by atoms with Crippen LogP contribution in [-0.2, 0) is 9.84 Å². The highest BCUT2D eigenvalue weighted by Crippen LogP contribution is 2.32. The second kappa shape index (κ2) is 6.46. The number of benzene rings is 1. The van der Waals surface area contributed by atoms with Crippen LogP contribution in [0, 0.1) is 0 Å². The fraction of sp³-hybridized carbons (Fsp3) is 0.571. The molecule has 1 aromatic carbocycles. The van der Waals surface area contributed by atoms with Gasteiger partial charge >= 0.3 is 0 Å². The highest BCUT2D eigenvalue weighted by atomic mass is 32.2. The summed E-state index contributed by atoms with van der Waals surface area (Å²) in [5.74, 6) is 1.65. The normalized spacial score (nSPS) is 21.3. The monoisotopic (exact) mass is 330 g/mol. The zero-order chi connectivity index (χ0) is 15.6. The Bertz CT molecular complexity index is 604. The van der Waals surface area contributed by atoms with E-state index in [2.05, 4.69) is 5.32 Å². The van der Waals surface area contributed by atoms with Crippen molar-refractivity contribution in [3.63, 3.8) is 0 Å². The third kappa shape index (κ3) is 3.64. The van der Waals surface area contributed by atoms with Gasteiger partial charge in [-0.25, -0.2) is 8.42 Å². The van der Waals surface area contributed by atoms with Gasteiger partial charge in [-0.1, -0.05) is 6.07 Å². The number of hydrogen-bond acceptors (Lipinski definition) is 6. The van der Waals surface area contributed by atoms with E-state index in [1.54, 1.807) is 17.8 Å². The Balaban J connectivity index is 2.34. The highest BCUT2D eigenvalue weighted by molar-refractivity contribution is 8.01. The van der Waals surface area contributed by atoms with Crippen LogP contribution in [0.2, 0.25) is 0 Å². The van der Waals surface area contributed by atoms with E-state index in [0.717, 1.165) is 17.0 Å². The Hall–Kier alpha value is -0.920. The zero-order valence-corrected chi connectivity index (χ0v) is 14.2. The number of aromatic hydroxyl groups is 1. The number of nitrogens with zero attached hydrogens (tertiary/aromatic N) is 1. The molecule has 0 aromatic heterocycles. The van der Waals surface area contributed by atoms with Gasteiger partial charge in [-0.05, 0) is 20.0 Å². The first-order chi connectivity index (χ1) is 9.84. The molecule has 0 radical (unpaired) electrons. The molecule has 21 heavy (non-hydrogen) atoms. The molecule has 2 rings (SSSR count). The summed E-state index contributed by atoms with van der Waals surface area (Å²) in [6.07, 6.45) is 1.27. The Morgan fingerprint density at radius 2 is 2.19 bits per heavy atom. The van der Waals surface area contributed by atoms with Gasteiger partial charge in [0.2, 0.25) is 0 Å². The Labute approximate surface area is 130 Å². The SMILES string of the molecule is CNC(C)c1ccc(N2CCSCC2S(C)(=O)=O)cc1O. The van der Waals surface area contributed by atoms with Crippen molar-refractivity contribution in [3.8, 4) is 5.75 Å². The highest BCUT2D eigenvalue weighted by Gasteiger charge is 2.31. The zero-order valence-electron chi connectivity index (χ0n) is 12.5. The van der Waals surface area contributed by atoms with Gasteiger partial charge in [0.05, 0.1) is 0 Å². The smallest absolute Gasteiger partial charge is 0.169 e. The second-order valence-corrected chi connectivity index (χ2v) is 8.66. The number of sulfone groups is 1. The van der Waals surface area contributed by atoms with E-state index in [1.165, 1.54) is 6.26 Å². The molecule has 7 heteroatoms. The molecule has 2 atom stereocenters. The molecular formula is C14H22N2O3S2. The maximum absolute atomic E-state index is 11.9. The third-order valence-corrected chi connectivity index (χ3v) is 6.47. The number of thioether (sulfide) groups is 1. The topological polar surface area (TPSA) is 69.6 Å². The van der Waals surface area contributed by atoms with Crippen LogP contribution in [0.5, 0.6) is 5.75 Å². The fourth-order valence-corrected chi connectivity index (χ4v) is 5.30.